The van der Waals surface area contributed by atoms with Crippen LogP contribution in [0.3, 0.4) is 0 Å². The smallest absolute Gasteiger partial charge is 0.232 e. The van der Waals surface area contributed by atoms with Gasteiger partial charge in [-0.2, -0.15) is 10.1 Å². The molecule has 2 aromatic rings. The SMILES string of the molecule is COc1ccc(Cl)cc1NC(=O)C[C@@H]1Cn2nc(C)nc2NC1=O. The van der Waals surface area contributed by atoms with Crippen LogP contribution < -0.4 is 15.4 Å². The third-order valence-electron chi connectivity index (χ3n) is 3.64. The zero-order valence-corrected chi connectivity index (χ0v) is 13.9. The number of aryl methyl sites for hydroxylation is 1. The summed E-state index contributed by atoms with van der Waals surface area (Å²) >= 11 is 5.94. The quantitative estimate of drug-likeness (QED) is 0.877. The number of benzene rings is 1. The first-order valence-electron chi connectivity index (χ1n) is 7.32. The summed E-state index contributed by atoms with van der Waals surface area (Å²) in [7, 11) is 1.50. The molecule has 0 radical (unpaired) electrons. The van der Waals surface area contributed by atoms with Gasteiger partial charge in [-0.3, -0.25) is 14.9 Å². The van der Waals surface area contributed by atoms with Crippen LogP contribution in [0.25, 0.3) is 0 Å². The Morgan fingerprint density at radius 3 is 3.08 bits per heavy atom. The summed E-state index contributed by atoms with van der Waals surface area (Å²) in [5.74, 6) is 0.391. The number of halogens is 1. The van der Waals surface area contributed by atoms with Gasteiger partial charge in [0.25, 0.3) is 0 Å². The molecule has 2 amide bonds. The second kappa shape index (κ2) is 6.48. The number of rotatable bonds is 4. The van der Waals surface area contributed by atoms with E-state index >= 15 is 0 Å². The lowest BCUT2D eigenvalue weighted by atomic mass is 10.0. The van der Waals surface area contributed by atoms with Crippen LogP contribution in [0.5, 0.6) is 5.75 Å². The highest BCUT2D eigenvalue weighted by atomic mass is 35.5. The Balaban J connectivity index is 1.69. The van der Waals surface area contributed by atoms with E-state index < -0.39 is 5.92 Å². The lowest BCUT2D eigenvalue weighted by Gasteiger charge is -2.22. The zero-order valence-electron chi connectivity index (χ0n) is 13.2. The summed E-state index contributed by atoms with van der Waals surface area (Å²) in [5, 5.41) is 10.0. The number of hydrogen-bond donors (Lipinski definition) is 2. The van der Waals surface area contributed by atoms with Gasteiger partial charge in [-0.25, -0.2) is 4.68 Å². The van der Waals surface area contributed by atoms with Gasteiger partial charge in [0.2, 0.25) is 17.8 Å². The van der Waals surface area contributed by atoms with E-state index in [1.807, 2.05) is 0 Å². The van der Waals surface area contributed by atoms with Crippen LogP contribution in [-0.4, -0.2) is 33.7 Å². The van der Waals surface area contributed by atoms with Crippen LogP contribution in [0.2, 0.25) is 5.02 Å². The molecule has 0 saturated carbocycles. The maximum atomic E-state index is 12.3. The number of nitrogens with zero attached hydrogens (tertiary/aromatic N) is 3. The number of carbonyl (C=O) groups excluding carboxylic acids is 2. The molecule has 3 rings (SSSR count). The monoisotopic (exact) mass is 349 g/mol. The fraction of sp³-hybridized carbons (Fsp3) is 0.333. The topological polar surface area (TPSA) is 98.1 Å². The van der Waals surface area contributed by atoms with Crippen LogP contribution in [0.15, 0.2) is 18.2 Å². The van der Waals surface area contributed by atoms with Gasteiger partial charge < -0.3 is 10.1 Å². The van der Waals surface area contributed by atoms with E-state index in [-0.39, 0.29) is 18.2 Å². The molecule has 1 aromatic carbocycles. The van der Waals surface area contributed by atoms with E-state index in [0.717, 1.165) is 0 Å². The van der Waals surface area contributed by atoms with E-state index in [0.29, 0.717) is 34.8 Å². The van der Waals surface area contributed by atoms with Gasteiger partial charge in [-0.1, -0.05) is 11.6 Å². The van der Waals surface area contributed by atoms with Crippen molar-refractivity contribution in [3.8, 4) is 5.75 Å². The molecule has 0 aliphatic carbocycles. The highest BCUT2D eigenvalue weighted by Crippen LogP contribution is 2.28. The fourth-order valence-corrected chi connectivity index (χ4v) is 2.71. The molecule has 1 atom stereocenters. The molecular weight excluding hydrogens is 334 g/mol. The maximum Gasteiger partial charge on any atom is 0.232 e. The average molecular weight is 350 g/mol. The number of methoxy groups -OCH3 is 1. The van der Waals surface area contributed by atoms with Gasteiger partial charge in [-0.15, -0.1) is 0 Å². The molecule has 9 heteroatoms. The number of aromatic nitrogens is 3. The molecule has 0 fully saturated rings. The standard InChI is InChI=1S/C15H16ClN5O3/c1-8-17-15-19-14(23)9(7-21(15)20-8)5-13(22)18-11-6-10(16)3-4-12(11)24-2/h3-4,6,9H,5,7H2,1-2H3,(H,18,22)(H,17,19,20,23)/t9-/m1/s1. The third-order valence-corrected chi connectivity index (χ3v) is 3.88. The van der Waals surface area contributed by atoms with Gasteiger partial charge in [0.05, 0.1) is 25.3 Å². The summed E-state index contributed by atoms with van der Waals surface area (Å²) in [4.78, 5) is 28.5. The molecule has 0 unspecified atom stereocenters. The van der Waals surface area contributed by atoms with Crippen molar-refractivity contribution in [2.75, 3.05) is 17.7 Å². The Kier molecular flexibility index (Phi) is 4.39. The van der Waals surface area contributed by atoms with Crippen molar-refractivity contribution in [3.05, 3.63) is 29.0 Å². The molecule has 2 N–H and O–H groups in total. The van der Waals surface area contributed by atoms with Crippen molar-refractivity contribution in [1.82, 2.24) is 14.8 Å². The van der Waals surface area contributed by atoms with Crippen molar-refractivity contribution in [3.63, 3.8) is 0 Å². The lowest BCUT2D eigenvalue weighted by Crippen LogP contribution is -2.36. The number of fused-ring (bicyclic) bond motifs is 1. The Bertz CT molecular complexity index is 804. The first kappa shape index (κ1) is 16.3. The zero-order chi connectivity index (χ0) is 17.3. The number of nitrogens with one attached hydrogen (secondary N) is 2. The van der Waals surface area contributed by atoms with Crippen LogP contribution in [0.1, 0.15) is 12.2 Å². The van der Waals surface area contributed by atoms with Gasteiger partial charge in [0, 0.05) is 11.4 Å². The maximum absolute atomic E-state index is 12.3. The first-order valence-corrected chi connectivity index (χ1v) is 7.69. The molecule has 1 aliphatic heterocycles. The molecule has 1 aliphatic rings. The molecule has 0 bridgehead atoms. The molecule has 0 spiro atoms. The molecule has 24 heavy (non-hydrogen) atoms. The fourth-order valence-electron chi connectivity index (χ4n) is 2.54. The van der Waals surface area contributed by atoms with Crippen molar-refractivity contribution >= 4 is 35.1 Å². The largest absolute Gasteiger partial charge is 0.495 e. The van der Waals surface area contributed by atoms with E-state index in [4.69, 9.17) is 16.3 Å². The third kappa shape index (κ3) is 3.33. The van der Waals surface area contributed by atoms with Crippen molar-refractivity contribution in [2.45, 2.75) is 19.9 Å². The highest BCUT2D eigenvalue weighted by Gasteiger charge is 2.30. The van der Waals surface area contributed by atoms with Crippen molar-refractivity contribution < 1.29 is 14.3 Å². The minimum absolute atomic E-state index is 0.0137. The summed E-state index contributed by atoms with van der Waals surface area (Å²) in [5.41, 5.74) is 0.462. The highest BCUT2D eigenvalue weighted by molar-refractivity contribution is 6.31. The van der Waals surface area contributed by atoms with Crippen LogP contribution in [0.4, 0.5) is 11.6 Å². The summed E-state index contributed by atoms with van der Waals surface area (Å²) < 4.78 is 6.78. The second-order valence-corrected chi connectivity index (χ2v) is 5.88. The molecule has 8 nitrogen and oxygen atoms in total. The Morgan fingerprint density at radius 2 is 2.33 bits per heavy atom. The predicted octanol–water partition coefficient (Wildman–Crippen LogP) is 1.85. The van der Waals surface area contributed by atoms with Crippen LogP contribution >= 0.6 is 11.6 Å². The van der Waals surface area contributed by atoms with E-state index in [1.54, 1.807) is 29.8 Å². The number of hydrogen-bond acceptors (Lipinski definition) is 5. The van der Waals surface area contributed by atoms with E-state index in [1.165, 1.54) is 7.11 Å². The average Bonchev–Trinajstić information content (AvgIpc) is 2.87. The number of carbonyl (C=O) groups is 2. The van der Waals surface area contributed by atoms with Crippen molar-refractivity contribution in [2.24, 2.45) is 5.92 Å². The van der Waals surface area contributed by atoms with Gasteiger partial charge in [-0.05, 0) is 25.1 Å². The number of amides is 2. The number of ether oxygens (including phenoxy) is 1. The van der Waals surface area contributed by atoms with Gasteiger partial charge in [0.15, 0.2) is 0 Å². The minimum atomic E-state index is -0.524. The van der Waals surface area contributed by atoms with Crippen LogP contribution in [0, 0.1) is 12.8 Å². The molecular formula is C15H16ClN5O3. The van der Waals surface area contributed by atoms with E-state index in [9.17, 15) is 9.59 Å². The summed E-state index contributed by atoms with van der Waals surface area (Å²) in [6.07, 6.45) is 0.0137. The predicted molar refractivity (Wildman–Crippen MR) is 88.1 cm³/mol. The van der Waals surface area contributed by atoms with Crippen LogP contribution in [-0.2, 0) is 16.1 Å². The normalized spacial score (nSPS) is 16.3. The lowest BCUT2D eigenvalue weighted by molar-refractivity contribution is -0.126. The molecule has 1 aromatic heterocycles. The molecule has 0 saturated heterocycles. The first-order chi connectivity index (χ1) is 11.5. The van der Waals surface area contributed by atoms with Crippen molar-refractivity contribution in [1.29, 1.82) is 0 Å². The Hall–Kier alpha value is -2.61. The Morgan fingerprint density at radius 1 is 1.54 bits per heavy atom. The molecule has 126 valence electrons. The summed E-state index contributed by atoms with van der Waals surface area (Å²) in [6, 6.07) is 4.92. The Labute approximate surface area is 143 Å². The number of anilines is 2. The van der Waals surface area contributed by atoms with E-state index in [2.05, 4.69) is 20.7 Å². The molecule has 2 heterocycles. The second-order valence-electron chi connectivity index (χ2n) is 5.45. The minimum Gasteiger partial charge on any atom is -0.495 e. The summed E-state index contributed by atoms with van der Waals surface area (Å²) in [6.45, 7) is 2.05. The van der Waals surface area contributed by atoms with Gasteiger partial charge in [0.1, 0.15) is 11.6 Å². The van der Waals surface area contributed by atoms with Gasteiger partial charge >= 0.3 is 0 Å².